The molecular formula is C12H10Li2O2. The quantitative estimate of drug-likeness (QED) is 0.402. The van der Waals surface area contributed by atoms with Crippen LogP contribution in [0.5, 0.6) is 11.5 Å². The number of para-hydroxylation sites is 2. The maximum Gasteiger partial charge on any atom is 1.00 e. The van der Waals surface area contributed by atoms with Crippen molar-refractivity contribution in [2.75, 3.05) is 0 Å². The van der Waals surface area contributed by atoms with E-state index in [1.165, 1.54) is 24.3 Å². The molecule has 0 bridgehead atoms. The second-order valence-corrected chi connectivity index (χ2v) is 2.63. The Balaban J connectivity index is 0. The van der Waals surface area contributed by atoms with Crippen molar-refractivity contribution in [3.63, 3.8) is 0 Å². The second kappa shape index (κ2) is 10.7. The SMILES string of the molecule is [Li+].[Li+].[O-]c1ccccc1.[O-]c1ccccc1. The van der Waals surface area contributed by atoms with Crippen LogP contribution in [0.1, 0.15) is 0 Å². The Morgan fingerprint density at radius 2 is 0.750 bits per heavy atom. The molecule has 0 aliphatic heterocycles. The molecule has 0 unspecified atom stereocenters. The third-order valence-corrected chi connectivity index (χ3v) is 1.49. The number of benzene rings is 2. The third kappa shape index (κ3) is 8.54. The zero-order chi connectivity index (χ0) is 10.2. The van der Waals surface area contributed by atoms with E-state index in [0.29, 0.717) is 0 Å². The summed E-state index contributed by atoms with van der Waals surface area (Å²) >= 11 is 0. The van der Waals surface area contributed by atoms with Gasteiger partial charge in [0.05, 0.1) is 0 Å². The molecule has 0 fully saturated rings. The molecule has 0 aliphatic rings. The van der Waals surface area contributed by atoms with Crippen LogP contribution in [0.4, 0.5) is 0 Å². The molecule has 0 radical (unpaired) electrons. The van der Waals surface area contributed by atoms with Crippen molar-refractivity contribution in [1.29, 1.82) is 0 Å². The van der Waals surface area contributed by atoms with Crippen molar-refractivity contribution in [1.82, 2.24) is 0 Å². The van der Waals surface area contributed by atoms with Crippen molar-refractivity contribution >= 4 is 0 Å². The van der Waals surface area contributed by atoms with Gasteiger partial charge in [0.25, 0.3) is 0 Å². The first kappa shape index (κ1) is 17.6. The molecule has 16 heavy (non-hydrogen) atoms. The van der Waals surface area contributed by atoms with Gasteiger partial charge in [-0.25, -0.2) is 0 Å². The summed E-state index contributed by atoms with van der Waals surface area (Å²) in [5.74, 6) is 0.144. The third-order valence-electron chi connectivity index (χ3n) is 1.49. The number of rotatable bonds is 0. The van der Waals surface area contributed by atoms with E-state index in [1.54, 1.807) is 24.3 Å². The van der Waals surface area contributed by atoms with Crippen molar-refractivity contribution in [2.45, 2.75) is 0 Å². The van der Waals surface area contributed by atoms with Crippen LogP contribution in [0.2, 0.25) is 0 Å². The zero-order valence-electron chi connectivity index (χ0n) is 9.59. The molecule has 0 spiro atoms. The van der Waals surface area contributed by atoms with Crippen LogP contribution >= 0.6 is 0 Å². The average Bonchev–Trinajstić information content (AvgIpc) is 2.21. The Bertz CT molecular complexity index is 314. The minimum absolute atomic E-state index is 0. The Morgan fingerprint density at radius 3 is 0.875 bits per heavy atom. The fraction of sp³-hybridized carbons (Fsp3) is 0. The van der Waals surface area contributed by atoms with Crippen LogP contribution in [0.3, 0.4) is 0 Å². The topological polar surface area (TPSA) is 46.1 Å². The van der Waals surface area contributed by atoms with Crippen molar-refractivity contribution < 1.29 is 47.9 Å². The summed E-state index contributed by atoms with van der Waals surface area (Å²) in [6.07, 6.45) is 0. The molecule has 0 saturated carbocycles. The van der Waals surface area contributed by atoms with Gasteiger partial charge < -0.3 is 10.2 Å². The Labute approximate surface area is 120 Å². The fourth-order valence-electron chi connectivity index (χ4n) is 0.841. The Kier molecular flexibility index (Phi) is 11.8. The summed E-state index contributed by atoms with van der Waals surface area (Å²) < 4.78 is 0. The summed E-state index contributed by atoms with van der Waals surface area (Å²) in [6.45, 7) is 0. The van der Waals surface area contributed by atoms with Gasteiger partial charge in [0.2, 0.25) is 0 Å². The standard InChI is InChI=1S/2C6H6O.2Li/c2*7-6-4-2-1-3-5-6;;/h2*1-5,7H;;/q;;2*+1/p-2. The van der Waals surface area contributed by atoms with Crippen LogP contribution in [0.15, 0.2) is 60.7 Å². The van der Waals surface area contributed by atoms with Crippen molar-refractivity contribution in [3.05, 3.63) is 60.7 Å². The molecule has 2 aromatic carbocycles. The summed E-state index contributed by atoms with van der Waals surface area (Å²) in [4.78, 5) is 0. The molecule has 0 amide bonds. The first-order valence-corrected chi connectivity index (χ1v) is 4.23. The van der Waals surface area contributed by atoms with E-state index in [2.05, 4.69) is 0 Å². The number of hydrogen-bond acceptors (Lipinski definition) is 2. The maximum absolute atomic E-state index is 10.3. The van der Waals surface area contributed by atoms with Crippen LogP contribution in [-0.2, 0) is 0 Å². The first-order chi connectivity index (χ1) is 6.79. The largest absolute Gasteiger partial charge is 1.00 e. The molecule has 0 heterocycles. The zero-order valence-corrected chi connectivity index (χ0v) is 9.59. The fourth-order valence-corrected chi connectivity index (χ4v) is 0.841. The molecule has 72 valence electrons. The van der Waals surface area contributed by atoms with E-state index in [-0.39, 0.29) is 49.2 Å². The van der Waals surface area contributed by atoms with Gasteiger partial charge in [-0.2, -0.15) is 0 Å². The smallest absolute Gasteiger partial charge is 0.872 e. The second-order valence-electron chi connectivity index (χ2n) is 2.63. The van der Waals surface area contributed by atoms with Crippen LogP contribution in [0, 0.1) is 0 Å². The van der Waals surface area contributed by atoms with Gasteiger partial charge in [-0.15, -0.1) is 11.5 Å². The summed E-state index contributed by atoms with van der Waals surface area (Å²) in [6, 6.07) is 16.7. The molecular weight excluding hydrogens is 190 g/mol. The van der Waals surface area contributed by atoms with E-state index < -0.39 is 0 Å². The van der Waals surface area contributed by atoms with Gasteiger partial charge in [-0.1, -0.05) is 60.7 Å². The Hall–Kier alpha value is -0.765. The molecule has 4 heteroatoms. The van der Waals surface area contributed by atoms with E-state index >= 15 is 0 Å². The molecule has 2 rings (SSSR count). The summed E-state index contributed by atoms with van der Waals surface area (Å²) in [7, 11) is 0. The molecule has 0 aromatic heterocycles. The van der Waals surface area contributed by atoms with Crippen LogP contribution in [-0.4, -0.2) is 0 Å². The number of hydrogen-bond donors (Lipinski definition) is 0. The van der Waals surface area contributed by atoms with E-state index in [4.69, 9.17) is 0 Å². The van der Waals surface area contributed by atoms with E-state index in [0.717, 1.165) is 0 Å². The van der Waals surface area contributed by atoms with Gasteiger partial charge in [0, 0.05) is 0 Å². The predicted molar refractivity (Wildman–Crippen MR) is 51.8 cm³/mol. The first-order valence-electron chi connectivity index (χ1n) is 4.23. The Morgan fingerprint density at radius 1 is 0.500 bits per heavy atom. The normalized spacial score (nSPS) is 7.50. The average molecular weight is 200 g/mol. The van der Waals surface area contributed by atoms with E-state index in [1.807, 2.05) is 12.1 Å². The monoisotopic (exact) mass is 200 g/mol. The minimum Gasteiger partial charge on any atom is -0.872 e. The minimum atomic E-state index is 0. The van der Waals surface area contributed by atoms with Gasteiger partial charge in [0.1, 0.15) is 0 Å². The molecule has 0 atom stereocenters. The van der Waals surface area contributed by atoms with Gasteiger partial charge >= 0.3 is 37.7 Å². The molecule has 2 aromatic rings. The van der Waals surface area contributed by atoms with E-state index in [9.17, 15) is 10.2 Å². The summed E-state index contributed by atoms with van der Waals surface area (Å²) in [5, 5.41) is 20.5. The molecule has 0 aliphatic carbocycles. The summed E-state index contributed by atoms with van der Waals surface area (Å²) in [5.41, 5.74) is 0. The molecule has 0 N–H and O–H groups in total. The van der Waals surface area contributed by atoms with Gasteiger partial charge in [0.15, 0.2) is 0 Å². The van der Waals surface area contributed by atoms with Crippen molar-refractivity contribution in [2.24, 2.45) is 0 Å². The van der Waals surface area contributed by atoms with Gasteiger partial charge in [-0.3, -0.25) is 0 Å². The predicted octanol–water partition coefficient (Wildman–Crippen LogP) is -4.47. The molecule has 0 saturated heterocycles. The molecule has 2 nitrogen and oxygen atoms in total. The van der Waals surface area contributed by atoms with Gasteiger partial charge in [-0.05, 0) is 0 Å². The van der Waals surface area contributed by atoms with Crippen LogP contribution < -0.4 is 47.9 Å². The maximum atomic E-state index is 10.3. The van der Waals surface area contributed by atoms with Crippen LogP contribution in [0.25, 0.3) is 0 Å². The van der Waals surface area contributed by atoms with Crippen molar-refractivity contribution in [3.8, 4) is 11.5 Å².